The number of aromatic nitrogens is 1. The Morgan fingerprint density at radius 3 is 2.64 bits per heavy atom. The second-order valence-electron chi connectivity index (χ2n) is 3.20. The molecule has 0 radical (unpaired) electrons. The van der Waals surface area contributed by atoms with Crippen molar-refractivity contribution in [1.82, 2.24) is 4.98 Å². The maximum absolute atomic E-state index is 8.92. The van der Waals surface area contributed by atoms with Crippen LogP contribution in [-0.2, 0) is 0 Å². The van der Waals surface area contributed by atoms with E-state index in [1.54, 1.807) is 6.20 Å². The Hall–Kier alpha value is -1.87. The Morgan fingerprint density at radius 1 is 1.36 bits per heavy atom. The fourth-order valence-corrected chi connectivity index (χ4v) is 1.23. The Morgan fingerprint density at radius 2 is 2.14 bits per heavy atom. The van der Waals surface area contributed by atoms with Crippen LogP contribution >= 0.6 is 0 Å². The Bertz CT molecular complexity index is 358. The van der Waals surface area contributed by atoms with Crippen LogP contribution in [0.5, 0.6) is 0 Å². The van der Waals surface area contributed by atoms with Gasteiger partial charge in [0, 0.05) is 12.1 Å². The number of pyridine rings is 1. The van der Waals surface area contributed by atoms with Crippen LogP contribution in [0, 0.1) is 28.6 Å². The predicted molar refractivity (Wildman–Crippen MR) is 52.0 cm³/mol. The Labute approximate surface area is 83.6 Å². The largest absolute Gasteiger partial charge is 0.260 e. The smallest absolute Gasteiger partial charge is 0.0897 e. The van der Waals surface area contributed by atoms with Crippen LogP contribution in [0.4, 0.5) is 0 Å². The zero-order valence-electron chi connectivity index (χ0n) is 8.01. The van der Waals surface area contributed by atoms with Crippen molar-refractivity contribution in [2.45, 2.75) is 19.3 Å². The van der Waals surface area contributed by atoms with Crippen molar-refractivity contribution in [3.63, 3.8) is 0 Å². The van der Waals surface area contributed by atoms with Gasteiger partial charge in [-0.2, -0.15) is 10.5 Å². The monoisotopic (exact) mass is 185 g/mol. The van der Waals surface area contributed by atoms with Gasteiger partial charge in [-0.05, 0) is 25.5 Å². The molecule has 0 aliphatic heterocycles. The first-order chi connectivity index (χ1) is 6.77. The van der Waals surface area contributed by atoms with E-state index < -0.39 is 0 Å². The van der Waals surface area contributed by atoms with Gasteiger partial charge in [-0.25, -0.2) is 0 Å². The first-order valence-electron chi connectivity index (χ1n) is 4.48. The van der Waals surface area contributed by atoms with E-state index in [0.717, 1.165) is 5.69 Å². The fraction of sp³-hybridized carbons (Fsp3) is 0.364. The summed E-state index contributed by atoms with van der Waals surface area (Å²) in [5, 5.41) is 17.6. The van der Waals surface area contributed by atoms with Gasteiger partial charge >= 0.3 is 0 Å². The zero-order valence-corrected chi connectivity index (χ0v) is 8.01. The summed E-state index contributed by atoms with van der Waals surface area (Å²) in [4.78, 5) is 4.11. The topological polar surface area (TPSA) is 60.5 Å². The normalized spacial score (nSPS) is 13.6. The van der Waals surface area contributed by atoms with E-state index in [1.165, 1.54) is 0 Å². The second kappa shape index (κ2) is 4.99. The molecular weight excluding hydrogens is 174 g/mol. The van der Waals surface area contributed by atoms with Gasteiger partial charge in [0.15, 0.2) is 0 Å². The van der Waals surface area contributed by atoms with Gasteiger partial charge in [-0.3, -0.25) is 4.98 Å². The van der Waals surface area contributed by atoms with Gasteiger partial charge in [-0.15, -0.1) is 0 Å². The minimum Gasteiger partial charge on any atom is -0.260 e. The van der Waals surface area contributed by atoms with Gasteiger partial charge in [0.2, 0.25) is 0 Å². The molecule has 3 heteroatoms. The summed E-state index contributed by atoms with van der Waals surface area (Å²) in [7, 11) is 0. The van der Waals surface area contributed by atoms with Crippen molar-refractivity contribution in [2.75, 3.05) is 0 Å². The van der Waals surface area contributed by atoms with Crippen LogP contribution < -0.4 is 0 Å². The lowest BCUT2D eigenvalue weighted by Gasteiger charge is -2.08. The van der Waals surface area contributed by atoms with Gasteiger partial charge in [0.1, 0.15) is 0 Å². The summed E-state index contributed by atoms with van der Waals surface area (Å²) >= 11 is 0. The maximum atomic E-state index is 8.92. The van der Waals surface area contributed by atoms with Gasteiger partial charge < -0.3 is 0 Å². The van der Waals surface area contributed by atoms with Crippen LogP contribution in [0.15, 0.2) is 24.4 Å². The zero-order chi connectivity index (χ0) is 10.4. The molecule has 1 aromatic heterocycles. The highest BCUT2D eigenvalue weighted by Crippen LogP contribution is 2.20. The van der Waals surface area contributed by atoms with E-state index in [9.17, 15) is 0 Å². The summed E-state index contributed by atoms with van der Waals surface area (Å²) in [5.74, 6) is -0.382. The number of nitrogens with zero attached hydrogens (tertiary/aromatic N) is 3. The molecule has 70 valence electrons. The highest BCUT2D eigenvalue weighted by molar-refractivity contribution is 5.17. The molecule has 0 aliphatic carbocycles. The summed E-state index contributed by atoms with van der Waals surface area (Å²) < 4.78 is 0. The lowest BCUT2D eigenvalue weighted by molar-refractivity contribution is 0.608. The molecule has 1 rings (SSSR count). The third kappa shape index (κ3) is 2.57. The third-order valence-electron chi connectivity index (χ3n) is 2.01. The molecule has 0 N–H and O–H groups in total. The molecule has 0 bridgehead atoms. The molecule has 0 aliphatic rings. The van der Waals surface area contributed by atoms with Crippen LogP contribution in [0.25, 0.3) is 0 Å². The average molecular weight is 185 g/mol. The van der Waals surface area contributed by atoms with Crippen molar-refractivity contribution in [3.8, 4) is 12.1 Å². The quantitative estimate of drug-likeness (QED) is 0.725. The maximum Gasteiger partial charge on any atom is 0.0897 e. The molecule has 0 amide bonds. The number of nitriles is 2. The predicted octanol–water partition coefficient (Wildman–Crippen LogP) is 2.24. The molecule has 0 spiro atoms. The standard InChI is InChI=1S/C11H11N3/c1-9(7-12)6-10(8-13)11-4-2-3-5-14-11/h2-5,9-10H,6H2,1H3. The molecule has 0 aromatic carbocycles. The van der Waals surface area contributed by atoms with Crippen molar-refractivity contribution >= 4 is 0 Å². The molecule has 1 heterocycles. The van der Waals surface area contributed by atoms with Crippen LogP contribution in [-0.4, -0.2) is 4.98 Å². The first-order valence-corrected chi connectivity index (χ1v) is 4.48. The van der Waals surface area contributed by atoms with Crippen molar-refractivity contribution < 1.29 is 0 Å². The summed E-state index contributed by atoms with van der Waals surface area (Å²) in [6, 6.07) is 9.77. The lowest BCUT2D eigenvalue weighted by atomic mass is 9.95. The number of hydrogen-bond donors (Lipinski definition) is 0. The Kier molecular flexibility index (Phi) is 3.64. The van der Waals surface area contributed by atoms with E-state index in [0.29, 0.717) is 6.42 Å². The molecule has 1 aromatic rings. The molecule has 0 fully saturated rings. The Balaban J connectivity index is 2.76. The summed E-state index contributed by atoms with van der Waals surface area (Å²) in [5.41, 5.74) is 0.747. The summed E-state index contributed by atoms with van der Waals surface area (Å²) in [6.07, 6.45) is 2.21. The highest BCUT2D eigenvalue weighted by Gasteiger charge is 2.14. The molecule has 2 unspecified atom stereocenters. The van der Waals surface area contributed by atoms with E-state index >= 15 is 0 Å². The molecule has 14 heavy (non-hydrogen) atoms. The average Bonchev–Trinajstić information content (AvgIpc) is 2.26. The number of rotatable bonds is 3. The molecule has 0 saturated heterocycles. The van der Waals surface area contributed by atoms with Gasteiger partial charge in [0.05, 0.1) is 23.8 Å². The molecule has 0 saturated carbocycles. The minimum atomic E-state index is -0.272. The molecular formula is C11H11N3. The van der Waals surface area contributed by atoms with E-state index in [-0.39, 0.29) is 11.8 Å². The number of hydrogen-bond acceptors (Lipinski definition) is 3. The van der Waals surface area contributed by atoms with E-state index in [4.69, 9.17) is 10.5 Å². The van der Waals surface area contributed by atoms with Crippen molar-refractivity contribution in [3.05, 3.63) is 30.1 Å². The SMILES string of the molecule is CC(C#N)CC(C#N)c1ccccn1. The second-order valence-corrected chi connectivity index (χ2v) is 3.20. The van der Waals surface area contributed by atoms with Crippen LogP contribution in [0.1, 0.15) is 25.0 Å². The first kappa shape index (κ1) is 10.2. The fourth-order valence-electron chi connectivity index (χ4n) is 1.23. The van der Waals surface area contributed by atoms with E-state index in [1.807, 2.05) is 25.1 Å². The van der Waals surface area contributed by atoms with Crippen LogP contribution in [0.3, 0.4) is 0 Å². The highest BCUT2D eigenvalue weighted by atomic mass is 14.7. The van der Waals surface area contributed by atoms with E-state index in [2.05, 4.69) is 17.1 Å². The van der Waals surface area contributed by atoms with Crippen molar-refractivity contribution in [1.29, 1.82) is 10.5 Å². The summed E-state index contributed by atoms with van der Waals surface area (Å²) in [6.45, 7) is 1.81. The molecule has 2 atom stereocenters. The minimum absolute atomic E-state index is 0.110. The molecule has 3 nitrogen and oxygen atoms in total. The van der Waals surface area contributed by atoms with Gasteiger partial charge in [0.25, 0.3) is 0 Å². The lowest BCUT2D eigenvalue weighted by Crippen LogP contribution is -2.03. The van der Waals surface area contributed by atoms with Crippen LogP contribution in [0.2, 0.25) is 0 Å². The van der Waals surface area contributed by atoms with Gasteiger partial charge in [-0.1, -0.05) is 6.07 Å². The van der Waals surface area contributed by atoms with Crippen molar-refractivity contribution in [2.24, 2.45) is 5.92 Å². The third-order valence-corrected chi connectivity index (χ3v) is 2.01.